The number of rotatable bonds is 2. The lowest BCUT2D eigenvalue weighted by atomic mass is 9.99. The highest BCUT2D eigenvalue weighted by molar-refractivity contribution is 5.94. The topological polar surface area (TPSA) is 76.7 Å². The van der Waals surface area contributed by atoms with E-state index in [-0.39, 0.29) is 18.1 Å². The van der Waals surface area contributed by atoms with Gasteiger partial charge in [0.2, 0.25) is 0 Å². The quantitative estimate of drug-likeness (QED) is 0.893. The summed E-state index contributed by atoms with van der Waals surface area (Å²) in [7, 11) is 1.63. The van der Waals surface area contributed by atoms with Gasteiger partial charge in [0, 0.05) is 30.2 Å². The third-order valence-corrected chi connectivity index (χ3v) is 4.98. The summed E-state index contributed by atoms with van der Waals surface area (Å²) in [5.74, 6) is 1.43. The molecule has 2 aliphatic heterocycles. The van der Waals surface area contributed by atoms with E-state index < -0.39 is 0 Å². The molecule has 2 aromatic rings. The van der Waals surface area contributed by atoms with E-state index in [1.165, 1.54) is 0 Å². The van der Waals surface area contributed by atoms with Gasteiger partial charge in [0.25, 0.3) is 5.91 Å². The third kappa shape index (κ3) is 2.92. The minimum atomic E-state index is -0.0801. The van der Waals surface area contributed by atoms with Gasteiger partial charge in [0.05, 0.1) is 31.6 Å². The average molecular weight is 357 g/mol. The van der Waals surface area contributed by atoms with Crippen molar-refractivity contribution in [3.8, 4) is 11.5 Å². The number of hydrogen-bond acceptors (Lipinski definition) is 5. The molecule has 1 amide bonds. The van der Waals surface area contributed by atoms with Gasteiger partial charge in [0.1, 0.15) is 18.1 Å². The molecule has 3 heterocycles. The van der Waals surface area contributed by atoms with E-state index in [1.807, 2.05) is 32.0 Å². The summed E-state index contributed by atoms with van der Waals surface area (Å²) >= 11 is 0. The molecule has 7 heteroatoms. The number of ether oxygens (including phenoxy) is 3. The number of methoxy groups -OCH3 is 1. The number of nitrogens with zero attached hydrogens (tertiary/aromatic N) is 2. The number of hydrogen-bond donors (Lipinski definition) is 1. The Morgan fingerprint density at radius 2 is 2.23 bits per heavy atom. The second-order valence-electron chi connectivity index (χ2n) is 6.81. The van der Waals surface area contributed by atoms with Crippen LogP contribution < -0.4 is 9.47 Å². The van der Waals surface area contributed by atoms with Gasteiger partial charge in [-0.3, -0.25) is 9.89 Å². The molecule has 26 heavy (non-hydrogen) atoms. The molecule has 0 radical (unpaired) electrons. The Kier molecular flexibility index (Phi) is 4.32. The molecule has 1 aromatic carbocycles. The van der Waals surface area contributed by atoms with Crippen molar-refractivity contribution >= 4 is 5.91 Å². The van der Waals surface area contributed by atoms with Crippen LogP contribution in [-0.2, 0) is 17.7 Å². The molecule has 0 unspecified atom stereocenters. The summed E-state index contributed by atoms with van der Waals surface area (Å²) in [5, 5.41) is 7.31. The zero-order valence-corrected chi connectivity index (χ0v) is 15.2. The molecule has 0 bridgehead atoms. The molecule has 0 saturated heterocycles. The minimum absolute atomic E-state index is 0.0716. The van der Waals surface area contributed by atoms with Crippen molar-refractivity contribution in [1.29, 1.82) is 0 Å². The highest BCUT2D eigenvalue weighted by Crippen LogP contribution is 2.32. The molecule has 0 aliphatic carbocycles. The molecule has 1 N–H and O–H groups in total. The Morgan fingerprint density at radius 1 is 1.38 bits per heavy atom. The Balaban J connectivity index is 1.61. The highest BCUT2D eigenvalue weighted by atomic mass is 16.5. The van der Waals surface area contributed by atoms with Crippen molar-refractivity contribution in [2.24, 2.45) is 0 Å². The Bertz CT molecular complexity index is 832. The minimum Gasteiger partial charge on any atom is -0.497 e. The van der Waals surface area contributed by atoms with E-state index in [4.69, 9.17) is 14.2 Å². The lowest BCUT2D eigenvalue weighted by Gasteiger charge is -2.26. The van der Waals surface area contributed by atoms with Crippen LogP contribution in [0.3, 0.4) is 0 Å². The number of aromatic nitrogens is 2. The van der Waals surface area contributed by atoms with Gasteiger partial charge in [-0.05, 0) is 26.0 Å². The van der Waals surface area contributed by atoms with Crippen molar-refractivity contribution in [1.82, 2.24) is 15.1 Å². The molecule has 0 spiro atoms. The van der Waals surface area contributed by atoms with Crippen molar-refractivity contribution in [2.45, 2.75) is 39.0 Å². The average Bonchev–Trinajstić information content (AvgIpc) is 2.93. The van der Waals surface area contributed by atoms with Gasteiger partial charge < -0.3 is 19.1 Å². The van der Waals surface area contributed by atoms with Crippen molar-refractivity contribution in [3.05, 3.63) is 40.7 Å². The second-order valence-corrected chi connectivity index (χ2v) is 6.81. The maximum absolute atomic E-state index is 13.2. The summed E-state index contributed by atoms with van der Waals surface area (Å²) in [6.07, 6.45) is 0.681. The molecule has 2 aliphatic rings. The Hall–Kier alpha value is -2.54. The number of nitrogens with one attached hydrogen (secondary N) is 1. The normalized spacial score (nSPS) is 22.0. The number of benzene rings is 1. The molecule has 7 nitrogen and oxygen atoms in total. The fourth-order valence-electron chi connectivity index (χ4n) is 3.65. The van der Waals surface area contributed by atoms with Gasteiger partial charge in [-0.25, -0.2) is 0 Å². The van der Waals surface area contributed by atoms with E-state index in [9.17, 15) is 4.79 Å². The van der Waals surface area contributed by atoms with Crippen LogP contribution in [0.5, 0.6) is 11.5 Å². The van der Waals surface area contributed by atoms with Gasteiger partial charge in [-0.15, -0.1) is 0 Å². The number of carbonyl (C=O) groups is 1. The monoisotopic (exact) mass is 357 g/mol. The number of aromatic amines is 1. The van der Waals surface area contributed by atoms with Gasteiger partial charge in [0.15, 0.2) is 5.69 Å². The number of fused-ring (bicyclic) bond motifs is 2. The number of H-pyrrole nitrogens is 1. The van der Waals surface area contributed by atoms with Crippen molar-refractivity contribution in [2.75, 3.05) is 20.3 Å². The smallest absolute Gasteiger partial charge is 0.275 e. The maximum Gasteiger partial charge on any atom is 0.275 e. The van der Waals surface area contributed by atoms with Crippen molar-refractivity contribution in [3.63, 3.8) is 0 Å². The summed E-state index contributed by atoms with van der Waals surface area (Å²) in [6, 6.07) is 5.69. The SMILES string of the molecule is COc1ccc2c(c1)OCCN(C(=O)c1n[nH]c3c1C[C@H](C)O[C@@H]3C)C2. The fraction of sp³-hybridized carbons (Fsp3) is 0.474. The summed E-state index contributed by atoms with van der Waals surface area (Å²) in [5.41, 5.74) is 3.34. The van der Waals surface area contributed by atoms with Crippen LogP contribution in [0.25, 0.3) is 0 Å². The molecule has 4 rings (SSSR count). The molecular weight excluding hydrogens is 334 g/mol. The van der Waals surface area contributed by atoms with E-state index in [1.54, 1.807) is 12.0 Å². The lowest BCUT2D eigenvalue weighted by Crippen LogP contribution is -2.34. The number of amides is 1. The van der Waals surface area contributed by atoms with Gasteiger partial charge >= 0.3 is 0 Å². The van der Waals surface area contributed by atoms with E-state index in [2.05, 4.69) is 10.2 Å². The first-order valence-electron chi connectivity index (χ1n) is 8.88. The zero-order valence-electron chi connectivity index (χ0n) is 15.2. The first-order valence-corrected chi connectivity index (χ1v) is 8.88. The van der Waals surface area contributed by atoms with E-state index in [0.29, 0.717) is 31.8 Å². The summed E-state index contributed by atoms with van der Waals surface area (Å²) in [6.45, 7) is 5.43. The molecule has 2 atom stereocenters. The van der Waals surface area contributed by atoms with Crippen LogP contribution >= 0.6 is 0 Å². The first-order chi connectivity index (χ1) is 12.6. The first kappa shape index (κ1) is 16.9. The number of carbonyl (C=O) groups excluding carboxylic acids is 1. The fourth-order valence-corrected chi connectivity index (χ4v) is 3.65. The molecule has 1 aromatic heterocycles. The largest absolute Gasteiger partial charge is 0.497 e. The summed E-state index contributed by atoms with van der Waals surface area (Å²) in [4.78, 5) is 14.9. The van der Waals surface area contributed by atoms with Crippen LogP contribution in [-0.4, -0.2) is 47.4 Å². The van der Waals surface area contributed by atoms with Crippen LogP contribution in [0, 0.1) is 0 Å². The summed E-state index contributed by atoms with van der Waals surface area (Å²) < 4.78 is 16.9. The Morgan fingerprint density at radius 3 is 3.04 bits per heavy atom. The Labute approximate surface area is 152 Å². The van der Waals surface area contributed by atoms with E-state index >= 15 is 0 Å². The van der Waals surface area contributed by atoms with Crippen LogP contribution in [0.2, 0.25) is 0 Å². The molecule has 0 saturated carbocycles. The second kappa shape index (κ2) is 6.64. The molecular formula is C19H23N3O4. The highest BCUT2D eigenvalue weighted by Gasteiger charge is 2.32. The predicted molar refractivity (Wildman–Crippen MR) is 94.5 cm³/mol. The van der Waals surface area contributed by atoms with Crippen molar-refractivity contribution < 1.29 is 19.0 Å². The molecule has 0 fully saturated rings. The van der Waals surface area contributed by atoms with Crippen LogP contribution in [0.15, 0.2) is 18.2 Å². The maximum atomic E-state index is 13.2. The zero-order chi connectivity index (χ0) is 18.3. The van der Waals surface area contributed by atoms with Gasteiger partial charge in [-0.1, -0.05) is 0 Å². The van der Waals surface area contributed by atoms with Crippen LogP contribution in [0.1, 0.15) is 47.3 Å². The lowest BCUT2D eigenvalue weighted by molar-refractivity contribution is -0.00702. The molecule has 138 valence electrons. The van der Waals surface area contributed by atoms with Crippen LogP contribution in [0.4, 0.5) is 0 Å². The standard InChI is InChI=1S/C19H23N3O4/c1-11-8-15-17(12(2)26-11)20-21-18(15)19(23)22-6-7-25-16-9-14(24-3)5-4-13(16)10-22/h4-5,9,11-12H,6-8,10H2,1-3H3,(H,20,21)/t11-,12+/m0/s1. The van der Waals surface area contributed by atoms with Gasteiger partial charge in [-0.2, -0.15) is 5.10 Å². The third-order valence-electron chi connectivity index (χ3n) is 4.98. The predicted octanol–water partition coefficient (Wildman–Crippen LogP) is 2.48. The van der Waals surface area contributed by atoms with E-state index in [0.717, 1.165) is 28.3 Å².